The van der Waals surface area contributed by atoms with Crippen LogP contribution in [0.2, 0.25) is 0 Å². The van der Waals surface area contributed by atoms with E-state index in [-0.39, 0.29) is 11.6 Å². The molecule has 0 saturated heterocycles. The lowest BCUT2D eigenvalue weighted by Gasteiger charge is -2.18. The van der Waals surface area contributed by atoms with E-state index in [1.54, 1.807) is 4.90 Å². The Hall–Kier alpha value is -1.30. The Labute approximate surface area is 116 Å². The van der Waals surface area contributed by atoms with Crippen LogP contribution in [0.25, 0.3) is 0 Å². The van der Waals surface area contributed by atoms with Crippen molar-refractivity contribution in [2.75, 3.05) is 18.8 Å². The van der Waals surface area contributed by atoms with Crippen molar-refractivity contribution in [1.29, 1.82) is 0 Å². The van der Waals surface area contributed by atoms with E-state index < -0.39 is 0 Å². The Morgan fingerprint density at radius 2 is 2.11 bits per heavy atom. The number of thioether (sulfide) groups is 1. The summed E-state index contributed by atoms with van der Waals surface area (Å²) in [5, 5.41) is 0.733. The van der Waals surface area contributed by atoms with E-state index in [1.165, 1.54) is 11.8 Å². The largest absolute Gasteiger partial charge is 0.346 e. The molecule has 2 rings (SSSR count). The lowest BCUT2D eigenvalue weighted by molar-refractivity contribution is -0.127. The van der Waals surface area contributed by atoms with Gasteiger partial charge in [0.15, 0.2) is 0 Å². The van der Waals surface area contributed by atoms with Crippen molar-refractivity contribution >= 4 is 17.7 Å². The molecule has 1 aromatic rings. The number of aromatic amines is 1. The summed E-state index contributed by atoms with van der Waals surface area (Å²) in [6.07, 6.45) is 2.90. The summed E-state index contributed by atoms with van der Waals surface area (Å²) in [5.41, 5.74) is 1.81. The zero-order chi connectivity index (χ0) is 13.8. The number of H-pyrrole nitrogens is 1. The highest BCUT2D eigenvalue weighted by molar-refractivity contribution is 7.99. The first kappa shape index (κ1) is 14.1. The number of aryl methyl sites for hydroxylation is 1. The number of rotatable bonds is 5. The zero-order valence-electron chi connectivity index (χ0n) is 11.4. The van der Waals surface area contributed by atoms with Gasteiger partial charge in [-0.15, -0.1) is 0 Å². The fraction of sp³-hybridized carbons (Fsp3) is 0.615. The van der Waals surface area contributed by atoms with Crippen LogP contribution in [0.5, 0.6) is 0 Å². The van der Waals surface area contributed by atoms with Crippen molar-refractivity contribution < 1.29 is 4.79 Å². The minimum atomic E-state index is -0.307. The van der Waals surface area contributed by atoms with E-state index in [9.17, 15) is 9.59 Å². The second-order valence-corrected chi connectivity index (χ2v) is 5.48. The molecule has 1 heterocycles. The molecule has 1 amide bonds. The van der Waals surface area contributed by atoms with Crippen molar-refractivity contribution in [3.05, 3.63) is 21.7 Å². The van der Waals surface area contributed by atoms with Gasteiger partial charge in [0.05, 0.1) is 5.75 Å². The summed E-state index contributed by atoms with van der Waals surface area (Å²) in [7, 11) is 0. The molecule has 0 saturated carbocycles. The van der Waals surface area contributed by atoms with Crippen LogP contribution in [0.4, 0.5) is 0 Å². The summed E-state index contributed by atoms with van der Waals surface area (Å²) < 4.78 is 0. The molecule has 1 N–H and O–H groups in total. The van der Waals surface area contributed by atoms with Crippen LogP contribution in [0.3, 0.4) is 0 Å². The Bertz CT molecular complexity index is 523. The van der Waals surface area contributed by atoms with Crippen LogP contribution < -0.4 is 5.69 Å². The maximum absolute atomic E-state index is 12.0. The summed E-state index contributed by atoms with van der Waals surface area (Å²) in [6, 6.07) is 0. The fourth-order valence-electron chi connectivity index (χ4n) is 2.35. The Balaban J connectivity index is 2.08. The Morgan fingerprint density at radius 1 is 1.37 bits per heavy atom. The average molecular weight is 281 g/mol. The summed E-state index contributed by atoms with van der Waals surface area (Å²) in [5.74, 6) is 0.453. The fourth-order valence-corrected chi connectivity index (χ4v) is 3.34. The first-order valence-corrected chi connectivity index (χ1v) is 7.66. The molecule has 1 aliphatic carbocycles. The zero-order valence-corrected chi connectivity index (χ0v) is 12.2. The third kappa shape index (κ3) is 3.18. The van der Waals surface area contributed by atoms with Gasteiger partial charge in [0, 0.05) is 24.3 Å². The van der Waals surface area contributed by atoms with Gasteiger partial charge < -0.3 is 9.88 Å². The van der Waals surface area contributed by atoms with E-state index in [0.29, 0.717) is 5.75 Å². The first-order chi connectivity index (χ1) is 9.15. The van der Waals surface area contributed by atoms with Crippen LogP contribution in [0.15, 0.2) is 9.82 Å². The van der Waals surface area contributed by atoms with Crippen molar-refractivity contribution in [2.24, 2.45) is 0 Å². The van der Waals surface area contributed by atoms with Gasteiger partial charge >= 0.3 is 5.69 Å². The maximum atomic E-state index is 12.0. The Kier molecular flexibility index (Phi) is 4.63. The van der Waals surface area contributed by atoms with Gasteiger partial charge in [0.2, 0.25) is 5.91 Å². The number of hydrogen-bond acceptors (Lipinski definition) is 4. The highest BCUT2D eigenvalue weighted by atomic mass is 32.2. The quantitative estimate of drug-likeness (QED) is 0.651. The molecule has 0 fully saturated rings. The van der Waals surface area contributed by atoms with Crippen molar-refractivity contribution in [3.63, 3.8) is 0 Å². The molecule has 1 aromatic heterocycles. The minimum Gasteiger partial charge on any atom is -0.343 e. The lowest BCUT2D eigenvalue weighted by atomic mass is 10.3. The van der Waals surface area contributed by atoms with Crippen LogP contribution in [0.1, 0.15) is 31.5 Å². The molecule has 0 unspecified atom stereocenters. The van der Waals surface area contributed by atoms with Gasteiger partial charge in [0.1, 0.15) is 5.03 Å². The van der Waals surface area contributed by atoms with E-state index >= 15 is 0 Å². The molecule has 0 aromatic carbocycles. The normalized spacial score (nSPS) is 13.4. The van der Waals surface area contributed by atoms with Crippen molar-refractivity contribution in [2.45, 2.75) is 38.1 Å². The van der Waals surface area contributed by atoms with E-state index in [0.717, 1.165) is 48.6 Å². The van der Waals surface area contributed by atoms with Gasteiger partial charge in [-0.1, -0.05) is 11.8 Å². The molecule has 1 aliphatic rings. The van der Waals surface area contributed by atoms with Crippen molar-refractivity contribution in [1.82, 2.24) is 14.9 Å². The van der Waals surface area contributed by atoms with Gasteiger partial charge in [-0.05, 0) is 33.1 Å². The Morgan fingerprint density at radius 3 is 2.79 bits per heavy atom. The molecular weight excluding hydrogens is 262 g/mol. The highest BCUT2D eigenvalue weighted by Gasteiger charge is 2.19. The number of aromatic nitrogens is 2. The van der Waals surface area contributed by atoms with E-state index in [4.69, 9.17) is 0 Å². The number of hydrogen-bond donors (Lipinski definition) is 1. The van der Waals surface area contributed by atoms with E-state index in [1.807, 2.05) is 13.8 Å². The van der Waals surface area contributed by atoms with Gasteiger partial charge in [-0.25, -0.2) is 4.79 Å². The SMILES string of the molecule is CCN(CC)C(=O)CSc1nc(=O)[nH]c2c1CCC2. The maximum Gasteiger partial charge on any atom is 0.346 e. The lowest BCUT2D eigenvalue weighted by Crippen LogP contribution is -2.32. The van der Waals surface area contributed by atoms with Crippen LogP contribution in [0, 0.1) is 0 Å². The predicted molar refractivity (Wildman–Crippen MR) is 75.5 cm³/mol. The number of nitrogens with one attached hydrogen (secondary N) is 1. The number of amides is 1. The number of nitrogens with zero attached hydrogens (tertiary/aromatic N) is 2. The van der Waals surface area contributed by atoms with Crippen molar-refractivity contribution in [3.8, 4) is 0 Å². The van der Waals surface area contributed by atoms with E-state index in [2.05, 4.69) is 9.97 Å². The molecule has 6 heteroatoms. The molecular formula is C13H19N3O2S. The second-order valence-electron chi connectivity index (χ2n) is 4.51. The first-order valence-electron chi connectivity index (χ1n) is 6.68. The average Bonchev–Trinajstić information content (AvgIpc) is 2.85. The molecule has 0 radical (unpaired) electrons. The van der Waals surface area contributed by atoms with Gasteiger partial charge in [-0.2, -0.15) is 4.98 Å². The minimum absolute atomic E-state index is 0.101. The molecule has 5 nitrogen and oxygen atoms in total. The molecule has 0 spiro atoms. The van der Waals surface area contributed by atoms with Gasteiger partial charge in [0.25, 0.3) is 0 Å². The number of carbonyl (C=O) groups is 1. The third-order valence-electron chi connectivity index (χ3n) is 3.39. The molecule has 104 valence electrons. The van der Waals surface area contributed by atoms with Crippen LogP contribution in [-0.4, -0.2) is 39.6 Å². The van der Waals surface area contributed by atoms with Crippen LogP contribution in [-0.2, 0) is 17.6 Å². The standard InChI is InChI=1S/C13H19N3O2S/c1-3-16(4-2)11(17)8-19-12-9-6-5-7-10(9)14-13(18)15-12/h3-8H2,1-2H3,(H,14,15,18). The summed E-state index contributed by atoms with van der Waals surface area (Å²) in [6.45, 7) is 5.37. The number of carbonyl (C=O) groups excluding carboxylic acids is 1. The topological polar surface area (TPSA) is 66.1 Å². The molecule has 0 aliphatic heterocycles. The second kappa shape index (κ2) is 6.23. The number of fused-ring (bicyclic) bond motifs is 1. The summed E-state index contributed by atoms with van der Waals surface area (Å²) >= 11 is 1.38. The molecule has 0 bridgehead atoms. The van der Waals surface area contributed by atoms with Crippen LogP contribution >= 0.6 is 11.8 Å². The monoisotopic (exact) mass is 281 g/mol. The highest BCUT2D eigenvalue weighted by Crippen LogP contribution is 2.27. The predicted octanol–water partition coefficient (Wildman–Crippen LogP) is 1.22. The summed E-state index contributed by atoms with van der Waals surface area (Å²) in [4.78, 5) is 32.0. The molecule has 19 heavy (non-hydrogen) atoms. The molecule has 0 atom stereocenters. The third-order valence-corrected chi connectivity index (χ3v) is 4.39. The van der Waals surface area contributed by atoms with Gasteiger partial charge in [-0.3, -0.25) is 4.79 Å². The smallest absolute Gasteiger partial charge is 0.343 e.